The molecule has 3 heteroatoms. The lowest BCUT2D eigenvalue weighted by molar-refractivity contribution is -0.132. The molecule has 0 atom stereocenters. The summed E-state index contributed by atoms with van der Waals surface area (Å²) in [6.07, 6.45) is 6.71. The predicted molar refractivity (Wildman–Crippen MR) is 58.7 cm³/mol. The maximum absolute atomic E-state index is 10.8. The highest BCUT2D eigenvalue weighted by atomic mass is 16.5. The van der Waals surface area contributed by atoms with E-state index in [0.29, 0.717) is 18.6 Å². The van der Waals surface area contributed by atoms with Gasteiger partial charge in [0.1, 0.15) is 0 Å². The van der Waals surface area contributed by atoms with E-state index in [9.17, 15) is 4.79 Å². The average Bonchev–Trinajstić information content (AvgIpc) is 2.17. The zero-order valence-electron chi connectivity index (χ0n) is 9.12. The second-order valence-corrected chi connectivity index (χ2v) is 3.59. The van der Waals surface area contributed by atoms with Gasteiger partial charge in [-0.3, -0.25) is 0 Å². The normalized spacial score (nSPS) is 17.1. The molecule has 3 nitrogen and oxygen atoms in total. The van der Waals surface area contributed by atoms with Crippen LogP contribution in [-0.4, -0.2) is 24.8 Å². The van der Waals surface area contributed by atoms with Crippen LogP contribution in [0.15, 0.2) is 34.9 Å². The zero-order chi connectivity index (χ0) is 11.3. The first-order valence-electron chi connectivity index (χ1n) is 4.93. The molecular formula is C12H16O3. The molecule has 0 aromatic carbocycles. The zero-order valence-corrected chi connectivity index (χ0v) is 9.12. The van der Waals surface area contributed by atoms with Crippen molar-refractivity contribution < 1.29 is 14.6 Å². The summed E-state index contributed by atoms with van der Waals surface area (Å²) < 4.78 is 5.08. The van der Waals surface area contributed by atoms with E-state index in [1.165, 1.54) is 5.57 Å². The highest BCUT2D eigenvalue weighted by Crippen LogP contribution is 2.19. The van der Waals surface area contributed by atoms with Crippen LogP contribution < -0.4 is 0 Å². The number of methoxy groups -OCH3 is 1. The molecule has 0 heterocycles. The summed E-state index contributed by atoms with van der Waals surface area (Å²) in [5, 5.41) is 8.87. The number of carbonyl (C=O) groups is 1. The highest BCUT2D eigenvalue weighted by Gasteiger charge is 2.09. The smallest absolute Gasteiger partial charge is 0.331 e. The van der Waals surface area contributed by atoms with Gasteiger partial charge in [-0.2, -0.15) is 0 Å². The molecule has 1 aliphatic carbocycles. The SMILES string of the molecule is COCC1=C(C)CCC(C(=O)O)=CC=C1. The second kappa shape index (κ2) is 5.51. The van der Waals surface area contributed by atoms with Crippen LogP contribution in [0.3, 0.4) is 0 Å². The van der Waals surface area contributed by atoms with Crippen molar-refractivity contribution in [3.05, 3.63) is 34.9 Å². The summed E-state index contributed by atoms with van der Waals surface area (Å²) in [5.74, 6) is -0.831. The van der Waals surface area contributed by atoms with Crippen LogP contribution in [-0.2, 0) is 9.53 Å². The Labute approximate surface area is 89.7 Å². The largest absolute Gasteiger partial charge is 0.478 e. The summed E-state index contributed by atoms with van der Waals surface area (Å²) in [7, 11) is 1.66. The van der Waals surface area contributed by atoms with Crippen LogP contribution in [0, 0.1) is 0 Å². The molecule has 0 saturated heterocycles. The van der Waals surface area contributed by atoms with Crippen LogP contribution in [0.4, 0.5) is 0 Å². The van der Waals surface area contributed by atoms with E-state index in [1.807, 2.05) is 13.0 Å². The fourth-order valence-electron chi connectivity index (χ4n) is 1.49. The minimum absolute atomic E-state index is 0.460. The molecule has 0 fully saturated rings. The molecule has 15 heavy (non-hydrogen) atoms. The predicted octanol–water partition coefficient (Wildman–Crippen LogP) is 2.31. The minimum Gasteiger partial charge on any atom is -0.478 e. The Morgan fingerprint density at radius 1 is 1.53 bits per heavy atom. The lowest BCUT2D eigenvalue weighted by Gasteiger charge is -2.10. The first kappa shape index (κ1) is 11.7. The van der Waals surface area contributed by atoms with Gasteiger partial charge in [0.05, 0.1) is 6.61 Å². The molecular weight excluding hydrogens is 192 g/mol. The number of carboxylic acid groups (broad SMARTS) is 1. The Bertz CT molecular complexity index is 335. The van der Waals surface area contributed by atoms with Crippen molar-refractivity contribution in [3.8, 4) is 0 Å². The molecule has 1 rings (SSSR count). The van der Waals surface area contributed by atoms with Crippen molar-refractivity contribution >= 4 is 5.97 Å². The lowest BCUT2D eigenvalue weighted by atomic mass is 9.98. The summed E-state index contributed by atoms with van der Waals surface area (Å²) in [6.45, 7) is 2.60. The molecule has 0 radical (unpaired) electrons. The number of rotatable bonds is 3. The third-order valence-electron chi connectivity index (χ3n) is 2.49. The van der Waals surface area contributed by atoms with Gasteiger partial charge < -0.3 is 9.84 Å². The van der Waals surface area contributed by atoms with E-state index in [0.717, 1.165) is 12.0 Å². The van der Waals surface area contributed by atoms with Gasteiger partial charge in [-0.15, -0.1) is 0 Å². The van der Waals surface area contributed by atoms with Crippen LogP contribution in [0.25, 0.3) is 0 Å². The standard InChI is InChI=1S/C12H16O3/c1-9-6-7-10(12(13)14)4-3-5-11(9)8-15-2/h3-5H,6-8H2,1-2H3,(H,13,14). The summed E-state index contributed by atoms with van der Waals surface area (Å²) in [5.41, 5.74) is 2.79. The highest BCUT2D eigenvalue weighted by molar-refractivity contribution is 5.87. The van der Waals surface area contributed by atoms with Gasteiger partial charge in [-0.25, -0.2) is 4.79 Å². The van der Waals surface area contributed by atoms with Crippen LogP contribution in [0.1, 0.15) is 19.8 Å². The fourth-order valence-corrected chi connectivity index (χ4v) is 1.49. The number of ether oxygens (including phenoxy) is 1. The molecule has 0 amide bonds. The lowest BCUT2D eigenvalue weighted by Crippen LogP contribution is -2.03. The number of carboxylic acids is 1. The number of hydrogen-bond acceptors (Lipinski definition) is 2. The topological polar surface area (TPSA) is 46.5 Å². The second-order valence-electron chi connectivity index (χ2n) is 3.59. The molecule has 0 saturated carbocycles. The van der Waals surface area contributed by atoms with E-state index >= 15 is 0 Å². The Morgan fingerprint density at radius 2 is 2.27 bits per heavy atom. The Kier molecular flexibility index (Phi) is 4.31. The van der Waals surface area contributed by atoms with E-state index in [1.54, 1.807) is 19.3 Å². The number of hydrogen-bond donors (Lipinski definition) is 1. The molecule has 0 aromatic rings. The third kappa shape index (κ3) is 3.36. The Balaban J connectivity index is 2.84. The molecule has 0 spiro atoms. The average molecular weight is 208 g/mol. The van der Waals surface area contributed by atoms with Gasteiger partial charge in [0.25, 0.3) is 0 Å². The van der Waals surface area contributed by atoms with Crippen LogP contribution in [0.5, 0.6) is 0 Å². The van der Waals surface area contributed by atoms with Gasteiger partial charge >= 0.3 is 5.97 Å². The maximum Gasteiger partial charge on any atom is 0.331 e. The Hall–Kier alpha value is -1.35. The van der Waals surface area contributed by atoms with E-state index in [-0.39, 0.29) is 0 Å². The van der Waals surface area contributed by atoms with Gasteiger partial charge in [-0.05, 0) is 25.3 Å². The monoisotopic (exact) mass is 208 g/mol. The molecule has 1 aliphatic rings. The van der Waals surface area contributed by atoms with Crippen molar-refractivity contribution in [2.75, 3.05) is 13.7 Å². The first-order valence-corrected chi connectivity index (χ1v) is 4.93. The number of aliphatic carboxylic acids is 1. The van der Waals surface area contributed by atoms with Crippen molar-refractivity contribution in [3.63, 3.8) is 0 Å². The van der Waals surface area contributed by atoms with Gasteiger partial charge in [0.15, 0.2) is 0 Å². The minimum atomic E-state index is -0.831. The third-order valence-corrected chi connectivity index (χ3v) is 2.49. The number of allylic oxidation sites excluding steroid dienone is 3. The van der Waals surface area contributed by atoms with E-state index in [4.69, 9.17) is 9.84 Å². The Morgan fingerprint density at radius 3 is 2.87 bits per heavy atom. The van der Waals surface area contributed by atoms with Crippen LogP contribution in [0.2, 0.25) is 0 Å². The van der Waals surface area contributed by atoms with Crippen molar-refractivity contribution in [2.45, 2.75) is 19.8 Å². The van der Waals surface area contributed by atoms with Gasteiger partial charge in [0.2, 0.25) is 0 Å². The summed E-state index contributed by atoms with van der Waals surface area (Å²) >= 11 is 0. The first-order chi connectivity index (χ1) is 7.15. The quantitative estimate of drug-likeness (QED) is 0.774. The van der Waals surface area contributed by atoms with E-state index < -0.39 is 5.97 Å². The summed E-state index contributed by atoms with van der Waals surface area (Å²) in [4.78, 5) is 10.8. The van der Waals surface area contributed by atoms with Gasteiger partial charge in [-0.1, -0.05) is 23.8 Å². The van der Waals surface area contributed by atoms with Crippen molar-refractivity contribution in [1.82, 2.24) is 0 Å². The molecule has 0 aromatic heterocycles. The summed E-state index contributed by atoms with van der Waals surface area (Å²) in [6, 6.07) is 0. The maximum atomic E-state index is 10.8. The van der Waals surface area contributed by atoms with Crippen molar-refractivity contribution in [1.29, 1.82) is 0 Å². The van der Waals surface area contributed by atoms with Crippen LogP contribution >= 0.6 is 0 Å². The fraction of sp³-hybridized carbons (Fsp3) is 0.417. The van der Waals surface area contributed by atoms with E-state index in [2.05, 4.69) is 0 Å². The van der Waals surface area contributed by atoms with Crippen molar-refractivity contribution in [2.24, 2.45) is 0 Å². The molecule has 0 aliphatic heterocycles. The molecule has 0 unspecified atom stereocenters. The van der Waals surface area contributed by atoms with Gasteiger partial charge in [0, 0.05) is 12.7 Å². The molecule has 82 valence electrons. The molecule has 1 N–H and O–H groups in total. The molecule has 0 bridgehead atoms.